The Balaban J connectivity index is -0.00000139. The van der Waals surface area contributed by atoms with Crippen LogP contribution >= 0.6 is 0 Å². The molecule has 0 aliphatic carbocycles. The van der Waals surface area contributed by atoms with Crippen LogP contribution in [0.5, 0.6) is 0 Å². The lowest BCUT2D eigenvalue weighted by atomic mass is 10.0. The maximum absolute atomic E-state index is 10.7. The molecule has 6 heteroatoms. The molecule has 154 valence electrons. The van der Waals surface area contributed by atoms with Crippen molar-refractivity contribution in [1.82, 2.24) is 15.5 Å². The van der Waals surface area contributed by atoms with E-state index in [1.165, 1.54) is 26.2 Å². The quantitative estimate of drug-likeness (QED) is 0.522. The summed E-state index contributed by atoms with van der Waals surface area (Å²) in [5, 5.41) is 6.39. The van der Waals surface area contributed by atoms with Gasteiger partial charge >= 0.3 is 0 Å². The maximum Gasteiger partial charge on any atom is 0.216 e. The van der Waals surface area contributed by atoms with Gasteiger partial charge in [-0.15, -0.1) is 0 Å². The second-order valence-electron chi connectivity index (χ2n) is 6.30. The molecule has 2 N–H and O–H groups in total. The van der Waals surface area contributed by atoms with Crippen LogP contribution in [0.15, 0.2) is 0 Å². The van der Waals surface area contributed by atoms with Gasteiger partial charge in [-0.05, 0) is 39.3 Å². The van der Waals surface area contributed by atoms with E-state index in [-0.39, 0.29) is 8.76 Å². The van der Waals surface area contributed by atoms with Gasteiger partial charge in [0.1, 0.15) is 0 Å². The fourth-order valence-corrected chi connectivity index (χ4v) is 2.66. The SMILES string of the molecule is CC.CCC(C)NC1CCN(CCOCCOCCNC(C)=O)CC1.[HH].[HH]. The van der Waals surface area contributed by atoms with Gasteiger partial charge in [0.2, 0.25) is 5.91 Å². The fourth-order valence-electron chi connectivity index (χ4n) is 2.66. The van der Waals surface area contributed by atoms with E-state index in [1.54, 1.807) is 0 Å². The number of piperidine rings is 1. The second kappa shape index (κ2) is 16.8. The van der Waals surface area contributed by atoms with Crippen LogP contribution in [0, 0.1) is 0 Å². The first-order valence-corrected chi connectivity index (χ1v) is 10.00. The van der Waals surface area contributed by atoms with Gasteiger partial charge in [-0.2, -0.15) is 0 Å². The first-order valence-electron chi connectivity index (χ1n) is 10.00. The number of ether oxygens (including phenoxy) is 2. The summed E-state index contributed by atoms with van der Waals surface area (Å²) < 4.78 is 11.0. The summed E-state index contributed by atoms with van der Waals surface area (Å²) in [4.78, 5) is 13.1. The van der Waals surface area contributed by atoms with Crippen molar-refractivity contribution >= 4 is 5.91 Å². The van der Waals surface area contributed by atoms with E-state index in [0.717, 1.165) is 26.2 Å². The fraction of sp³-hybridized carbons (Fsp3) is 0.947. The van der Waals surface area contributed by atoms with Crippen molar-refractivity contribution in [2.24, 2.45) is 0 Å². The monoisotopic (exact) mass is 363 g/mol. The molecule has 0 aromatic rings. The number of rotatable bonds is 12. The van der Waals surface area contributed by atoms with Crippen LogP contribution in [-0.2, 0) is 14.3 Å². The lowest BCUT2D eigenvalue weighted by Crippen LogP contribution is -2.46. The predicted molar refractivity (Wildman–Crippen MR) is 108 cm³/mol. The summed E-state index contributed by atoms with van der Waals surface area (Å²) in [7, 11) is 0. The molecule has 25 heavy (non-hydrogen) atoms. The molecule has 1 aliphatic rings. The number of nitrogens with zero attached hydrogens (tertiary/aromatic N) is 1. The number of carbonyl (C=O) groups is 1. The Labute approximate surface area is 158 Å². The maximum atomic E-state index is 10.7. The molecular weight excluding hydrogens is 318 g/mol. The highest BCUT2D eigenvalue weighted by Gasteiger charge is 2.19. The molecule has 1 saturated heterocycles. The van der Waals surface area contributed by atoms with Gasteiger partial charge in [0.15, 0.2) is 0 Å². The van der Waals surface area contributed by atoms with Crippen LogP contribution in [0.4, 0.5) is 0 Å². The van der Waals surface area contributed by atoms with Gasteiger partial charge in [0, 0.05) is 35.0 Å². The Hall–Kier alpha value is -0.690. The minimum absolute atomic E-state index is 0. The number of amides is 1. The molecule has 1 aliphatic heterocycles. The van der Waals surface area contributed by atoms with E-state index in [2.05, 4.69) is 29.4 Å². The van der Waals surface area contributed by atoms with E-state index in [9.17, 15) is 4.79 Å². The average molecular weight is 364 g/mol. The Morgan fingerprint density at radius 1 is 1.16 bits per heavy atom. The van der Waals surface area contributed by atoms with Crippen LogP contribution in [0.2, 0.25) is 0 Å². The summed E-state index contributed by atoms with van der Waals surface area (Å²) in [5.74, 6) is -0.0204. The summed E-state index contributed by atoms with van der Waals surface area (Å²) in [6, 6.07) is 1.31. The largest absolute Gasteiger partial charge is 0.378 e. The van der Waals surface area contributed by atoms with E-state index in [4.69, 9.17) is 9.47 Å². The lowest BCUT2D eigenvalue weighted by molar-refractivity contribution is -0.119. The van der Waals surface area contributed by atoms with Crippen LogP contribution in [0.1, 0.15) is 56.7 Å². The normalized spacial score (nSPS) is 16.8. The first kappa shape index (κ1) is 24.3. The van der Waals surface area contributed by atoms with E-state index >= 15 is 0 Å². The average Bonchev–Trinajstić information content (AvgIpc) is 2.63. The van der Waals surface area contributed by atoms with E-state index in [0.29, 0.717) is 38.4 Å². The first-order chi connectivity index (χ1) is 12.1. The molecule has 0 bridgehead atoms. The molecule has 0 radical (unpaired) electrons. The minimum atomic E-state index is -0.0204. The third kappa shape index (κ3) is 14.2. The van der Waals surface area contributed by atoms with Gasteiger partial charge in [-0.1, -0.05) is 20.8 Å². The Bertz CT molecular complexity index is 319. The third-order valence-electron chi connectivity index (χ3n) is 4.26. The van der Waals surface area contributed by atoms with Crippen LogP contribution in [-0.4, -0.2) is 75.5 Å². The van der Waals surface area contributed by atoms with Crippen molar-refractivity contribution in [3.05, 3.63) is 0 Å². The van der Waals surface area contributed by atoms with Crippen molar-refractivity contribution in [3.63, 3.8) is 0 Å². The minimum Gasteiger partial charge on any atom is -0.378 e. The molecule has 0 aromatic heterocycles. The molecule has 0 spiro atoms. The lowest BCUT2D eigenvalue weighted by Gasteiger charge is -2.33. The topological polar surface area (TPSA) is 62.8 Å². The molecule has 1 rings (SSSR count). The standard InChI is InChI=1S/C17H35N3O3.C2H6.2H2/c1-4-15(2)19-17-5-8-20(9-6-17)10-12-23-14-13-22-11-7-18-16(3)21;1-2;;/h15,17,19H,4-14H2,1-3H3,(H,18,21);1-2H3;2*1H. The third-order valence-corrected chi connectivity index (χ3v) is 4.26. The summed E-state index contributed by atoms with van der Waals surface area (Å²) >= 11 is 0. The smallest absolute Gasteiger partial charge is 0.216 e. The Morgan fingerprint density at radius 2 is 1.76 bits per heavy atom. The second-order valence-corrected chi connectivity index (χ2v) is 6.30. The molecule has 6 nitrogen and oxygen atoms in total. The molecule has 0 aromatic carbocycles. The molecule has 0 saturated carbocycles. The van der Waals surface area contributed by atoms with Gasteiger partial charge in [0.25, 0.3) is 0 Å². The van der Waals surface area contributed by atoms with Crippen molar-refractivity contribution in [3.8, 4) is 0 Å². The zero-order valence-corrected chi connectivity index (χ0v) is 17.1. The van der Waals surface area contributed by atoms with Crippen molar-refractivity contribution in [1.29, 1.82) is 0 Å². The summed E-state index contributed by atoms with van der Waals surface area (Å²) in [5.41, 5.74) is 0. The molecular formula is C19H45N3O3. The number of hydrogen-bond acceptors (Lipinski definition) is 5. The zero-order chi connectivity index (χ0) is 18.9. The van der Waals surface area contributed by atoms with E-state index < -0.39 is 0 Å². The van der Waals surface area contributed by atoms with Gasteiger partial charge in [0.05, 0.1) is 26.4 Å². The van der Waals surface area contributed by atoms with E-state index in [1.807, 2.05) is 13.8 Å². The van der Waals surface area contributed by atoms with Gasteiger partial charge in [-0.25, -0.2) is 0 Å². The van der Waals surface area contributed by atoms with Crippen molar-refractivity contribution < 1.29 is 17.1 Å². The molecule has 1 atom stereocenters. The van der Waals surface area contributed by atoms with Crippen LogP contribution < -0.4 is 10.6 Å². The van der Waals surface area contributed by atoms with Crippen LogP contribution in [0.25, 0.3) is 0 Å². The number of carbonyl (C=O) groups excluding carboxylic acids is 1. The van der Waals surface area contributed by atoms with Crippen molar-refractivity contribution in [2.75, 3.05) is 52.6 Å². The molecule has 1 fully saturated rings. The van der Waals surface area contributed by atoms with Crippen LogP contribution in [0.3, 0.4) is 0 Å². The number of likely N-dealkylation sites (tertiary alicyclic amines) is 1. The van der Waals surface area contributed by atoms with Gasteiger partial charge in [-0.3, -0.25) is 4.79 Å². The molecule has 1 unspecified atom stereocenters. The van der Waals surface area contributed by atoms with Crippen molar-refractivity contribution in [2.45, 2.75) is 66.0 Å². The highest BCUT2D eigenvalue weighted by molar-refractivity contribution is 5.72. The predicted octanol–water partition coefficient (Wildman–Crippen LogP) is 2.53. The molecule has 1 amide bonds. The molecule has 1 heterocycles. The highest BCUT2D eigenvalue weighted by Crippen LogP contribution is 2.11. The summed E-state index contributed by atoms with van der Waals surface area (Å²) in [6.07, 6.45) is 3.66. The van der Waals surface area contributed by atoms with Gasteiger partial charge < -0.3 is 25.0 Å². The Kier molecular flexibility index (Phi) is 16.3. The number of nitrogens with one attached hydrogen (secondary N) is 2. The zero-order valence-electron chi connectivity index (χ0n) is 17.1. The summed E-state index contributed by atoms with van der Waals surface area (Å²) in [6.45, 7) is 16.4. The number of hydrogen-bond donors (Lipinski definition) is 2. The highest BCUT2D eigenvalue weighted by atomic mass is 16.5. The Morgan fingerprint density at radius 3 is 2.32 bits per heavy atom.